The Morgan fingerprint density at radius 2 is 1.94 bits per heavy atom. The zero-order valence-electron chi connectivity index (χ0n) is 17.8. The number of hydrogen-bond acceptors (Lipinski definition) is 10. The minimum absolute atomic E-state index is 0.0541. The van der Waals surface area contributed by atoms with Gasteiger partial charge < -0.3 is 21.9 Å². The van der Waals surface area contributed by atoms with Gasteiger partial charge in [-0.05, 0) is 55.1 Å². The maximum Gasteiger partial charge on any atom is 0.326 e. The Hall–Kier alpha value is -2.88. The molecular formula is C20H24N6O5S3. The monoisotopic (exact) mass is 524 g/mol. The zero-order valence-corrected chi connectivity index (χ0v) is 20.3. The molecule has 0 aromatic carbocycles. The van der Waals surface area contributed by atoms with E-state index in [-0.39, 0.29) is 21.2 Å². The molecule has 14 heteroatoms. The highest BCUT2D eigenvalue weighted by Gasteiger charge is 2.25. The van der Waals surface area contributed by atoms with Gasteiger partial charge in [-0.1, -0.05) is 6.07 Å². The standard InChI is InChI=1S/C20H24N6O5S3/c21-20(22)24-10-3-5-14(19(28)29)25-18(27)17-13(8-11-32-17)26-34(30,31)16-7-6-15(33-16)12-4-1-2-9-23-12/h1-2,4,6-9,11,14,20,24,26H,3,5,10,21-22H2,(H,25,27)(H,28,29)/t14-/m0/s1. The predicted molar refractivity (Wildman–Crippen MR) is 131 cm³/mol. The van der Waals surface area contributed by atoms with Gasteiger partial charge in [0, 0.05) is 6.20 Å². The highest BCUT2D eigenvalue weighted by molar-refractivity contribution is 7.94. The first-order valence-electron chi connectivity index (χ1n) is 10.1. The van der Waals surface area contributed by atoms with Crippen LogP contribution in [-0.4, -0.2) is 49.3 Å². The number of amides is 1. The number of aliphatic carboxylic acids is 1. The van der Waals surface area contributed by atoms with E-state index in [4.69, 9.17) is 11.5 Å². The minimum Gasteiger partial charge on any atom is -0.480 e. The van der Waals surface area contributed by atoms with Crippen molar-refractivity contribution in [2.24, 2.45) is 11.5 Å². The molecule has 3 heterocycles. The molecule has 0 radical (unpaired) electrons. The van der Waals surface area contributed by atoms with Crippen molar-refractivity contribution < 1.29 is 23.1 Å². The van der Waals surface area contributed by atoms with Crippen LogP contribution >= 0.6 is 22.7 Å². The molecule has 0 unspecified atom stereocenters. The zero-order chi connectivity index (χ0) is 24.7. The normalized spacial score (nSPS) is 12.4. The first-order chi connectivity index (χ1) is 16.2. The Morgan fingerprint density at radius 3 is 2.62 bits per heavy atom. The number of sulfonamides is 1. The molecule has 3 aromatic heterocycles. The lowest BCUT2D eigenvalue weighted by Crippen LogP contribution is -2.46. The molecule has 1 atom stereocenters. The van der Waals surface area contributed by atoms with Crippen LogP contribution < -0.4 is 26.8 Å². The summed E-state index contributed by atoms with van der Waals surface area (Å²) >= 11 is 2.04. The highest BCUT2D eigenvalue weighted by Crippen LogP contribution is 2.32. The number of carbonyl (C=O) groups excluding carboxylic acids is 1. The molecule has 0 aliphatic carbocycles. The van der Waals surface area contributed by atoms with Crippen LogP contribution in [-0.2, 0) is 14.8 Å². The first kappa shape index (κ1) is 25.7. The summed E-state index contributed by atoms with van der Waals surface area (Å²) in [5, 5.41) is 16.2. The van der Waals surface area contributed by atoms with Crippen LogP contribution in [0.4, 0.5) is 5.69 Å². The second kappa shape index (κ2) is 11.5. The van der Waals surface area contributed by atoms with Crippen molar-refractivity contribution in [1.82, 2.24) is 15.6 Å². The fourth-order valence-electron chi connectivity index (χ4n) is 2.93. The molecule has 0 bridgehead atoms. The third kappa shape index (κ3) is 6.82. The van der Waals surface area contributed by atoms with Crippen LogP contribution in [0.15, 0.2) is 52.2 Å². The Labute approximate surface area is 204 Å². The average molecular weight is 525 g/mol. The Balaban J connectivity index is 1.69. The summed E-state index contributed by atoms with van der Waals surface area (Å²) in [5.41, 5.74) is 11.5. The lowest BCUT2D eigenvalue weighted by molar-refractivity contribution is -0.139. The van der Waals surface area contributed by atoms with Crippen molar-refractivity contribution in [3.63, 3.8) is 0 Å². The van der Waals surface area contributed by atoms with Crippen molar-refractivity contribution in [3.8, 4) is 10.6 Å². The van der Waals surface area contributed by atoms with Gasteiger partial charge in [-0.25, -0.2) is 13.2 Å². The number of nitrogens with zero attached hydrogens (tertiary/aromatic N) is 1. The van der Waals surface area contributed by atoms with Gasteiger partial charge in [0.05, 0.1) is 16.3 Å². The van der Waals surface area contributed by atoms with Gasteiger partial charge in [0.25, 0.3) is 15.9 Å². The number of carbonyl (C=O) groups is 2. The van der Waals surface area contributed by atoms with E-state index in [2.05, 4.69) is 20.3 Å². The lowest BCUT2D eigenvalue weighted by Gasteiger charge is -2.15. The van der Waals surface area contributed by atoms with E-state index in [0.29, 0.717) is 23.5 Å². The Morgan fingerprint density at radius 1 is 1.15 bits per heavy atom. The van der Waals surface area contributed by atoms with Gasteiger partial charge in [0.15, 0.2) is 0 Å². The molecule has 11 nitrogen and oxygen atoms in total. The number of nitrogens with one attached hydrogen (secondary N) is 3. The summed E-state index contributed by atoms with van der Waals surface area (Å²) in [4.78, 5) is 29.2. The third-order valence-electron chi connectivity index (χ3n) is 4.53. The number of anilines is 1. The molecule has 182 valence electrons. The van der Waals surface area contributed by atoms with Crippen molar-refractivity contribution in [2.45, 2.75) is 29.4 Å². The SMILES string of the molecule is NC(N)NCCC[C@H](NC(=O)c1sccc1NS(=O)(=O)c1ccc(-c2ccccn2)s1)C(=O)O. The van der Waals surface area contributed by atoms with Crippen molar-refractivity contribution in [3.05, 3.63) is 52.9 Å². The topological polar surface area (TPSA) is 190 Å². The Bertz CT molecular complexity index is 1230. The second-order valence-electron chi connectivity index (χ2n) is 7.09. The van der Waals surface area contributed by atoms with E-state index in [0.717, 1.165) is 22.7 Å². The second-order valence-corrected chi connectivity index (χ2v) is 11.0. The summed E-state index contributed by atoms with van der Waals surface area (Å²) in [6, 6.07) is 8.76. The molecule has 0 saturated carbocycles. The van der Waals surface area contributed by atoms with E-state index >= 15 is 0 Å². The molecule has 0 saturated heterocycles. The molecular weight excluding hydrogens is 500 g/mol. The van der Waals surface area contributed by atoms with Crippen LogP contribution in [0.3, 0.4) is 0 Å². The average Bonchev–Trinajstić information content (AvgIpc) is 3.46. The largest absolute Gasteiger partial charge is 0.480 e. The summed E-state index contributed by atoms with van der Waals surface area (Å²) in [5.74, 6) is -1.89. The first-order valence-corrected chi connectivity index (χ1v) is 13.2. The number of hydrogen-bond donors (Lipinski definition) is 6. The quantitative estimate of drug-likeness (QED) is 0.150. The number of rotatable bonds is 12. The highest BCUT2D eigenvalue weighted by atomic mass is 32.2. The summed E-state index contributed by atoms with van der Waals surface area (Å²) in [7, 11) is -3.98. The lowest BCUT2D eigenvalue weighted by atomic mass is 10.1. The van der Waals surface area contributed by atoms with Crippen LogP contribution in [0, 0.1) is 0 Å². The van der Waals surface area contributed by atoms with E-state index in [1.54, 1.807) is 35.8 Å². The Kier molecular flexibility index (Phi) is 8.71. The van der Waals surface area contributed by atoms with Crippen LogP contribution in [0.1, 0.15) is 22.5 Å². The summed E-state index contributed by atoms with van der Waals surface area (Å²) in [6.45, 7) is 0.378. The maximum atomic E-state index is 12.9. The molecule has 34 heavy (non-hydrogen) atoms. The number of carboxylic acids is 1. The van der Waals surface area contributed by atoms with Gasteiger partial charge in [-0.3, -0.25) is 19.8 Å². The van der Waals surface area contributed by atoms with Gasteiger partial charge in [0.2, 0.25) is 0 Å². The maximum absolute atomic E-state index is 12.9. The van der Waals surface area contributed by atoms with Crippen molar-refractivity contribution in [1.29, 1.82) is 0 Å². The fraction of sp³-hybridized carbons (Fsp3) is 0.250. The fourth-order valence-corrected chi connectivity index (χ4v) is 6.10. The molecule has 0 fully saturated rings. The van der Waals surface area contributed by atoms with Crippen molar-refractivity contribution >= 4 is 50.3 Å². The van der Waals surface area contributed by atoms with E-state index in [9.17, 15) is 23.1 Å². The van der Waals surface area contributed by atoms with Gasteiger partial charge in [0.1, 0.15) is 21.4 Å². The van der Waals surface area contributed by atoms with E-state index in [1.165, 1.54) is 12.1 Å². The van der Waals surface area contributed by atoms with Gasteiger partial charge >= 0.3 is 5.97 Å². The summed E-state index contributed by atoms with van der Waals surface area (Å²) in [6.07, 6.45) is 1.44. The van der Waals surface area contributed by atoms with Crippen LogP contribution in [0.5, 0.6) is 0 Å². The minimum atomic E-state index is -3.98. The van der Waals surface area contributed by atoms with Crippen LogP contribution in [0.2, 0.25) is 0 Å². The number of carboxylic acid groups (broad SMARTS) is 1. The predicted octanol–water partition coefficient (Wildman–Crippen LogP) is 1.43. The molecule has 0 aliphatic rings. The molecule has 3 rings (SSSR count). The number of aromatic nitrogens is 1. The van der Waals surface area contributed by atoms with E-state index < -0.39 is 34.2 Å². The number of pyridine rings is 1. The molecule has 0 aliphatic heterocycles. The van der Waals surface area contributed by atoms with Gasteiger partial charge in [-0.2, -0.15) is 0 Å². The summed E-state index contributed by atoms with van der Waals surface area (Å²) < 4.78 is 28.3. The van der Waals surface area contributed by atoms with Gasteiger partial charge in [-0.15, -0.1) is 22.7 Å². The number of thiophene rings is 2. The number of nitrogens with two attached hydrogens (primary N) is 2. The molecule has 3 aromatic rings. The van der Waals surface area contributed by atoms with Crippen molar-refractivity contribution in [2.75, 3.05) is 11.3 Å². The smallest absolute Gasteiger partial charge is 0.326 e. The van der Waals surface area contributed by atoms with E-state index in [1.807, 2.05) is 0 Å². The molecule has 0 spiro atoms. The van der Waals surface area contributed by atoms with Crippen LogP contribution in [0.25, 0.3) is 10.6 Å². The molecule has 8 N–H and O–H groups in total. The third-order valence-corrected chi connectivity index (χ3v) is 8.41. The molecule has 1 amide bonds.